The lowest BCUT2D eigenvalue weighted by Gasteiger charge is -2.24. The van der Waals surface area contributed by atoms with E-state index in [9.17, 15) is 0 Å². The standard InChI is InChI=1S/C17H25N3/c1-4-8-13(3)17(18-11-5-2)16-12-19-14-9-6-7-10-15(14)20-16/h6-7,9-10,12-13,17-18H,4-5,8,11H2,1-3H3. The lowest BCUT2D eigenvalue weighted by molar-refractivity contribution is 0.357. The maximum Gasteiger partial charge on any atom is 0.0890 e. The van der Waals surface area contributed by atoms with Crippen LogP contribution in [0.3, 0.4) is 0 Å². The van der Waals surface area contributed by atoms with E-state index in [0.29, 0.717) is 12.0 Å². The fourth-order valence-corrected chi connectivity index (χ4v) is 2.64. The van der Waals surface area contributed by atoms with Crippen molar-refractivity contribution in [2.45, 2.75) is 46.1 Å². The summed E-state index contributed by atoms with van der Waals surface area (Å²) >= 11 is 0. The quantitative estimate of drug-likeness (QED) is 0.823. The molecule has 108 valence electrons. The van der Waals surface area contributed by atoms with Crippen LogP contribution >= 0.6 is 0 Å². The van der Waals surface area contributed by atoms with E-state index in [4.69, 9.17) is 4.98 Å². The van der Waals surface area contributed by atoms with E-state index in [-0.39, 0.29) is 0 Å². The SMILES string of the molecule is CCCNC(c1cnc2ccccc2n1)C(C)CCC. The number of benzene rings is 1. The van der Waals surface area contributed by atoms with Gasteiger partial charge >= 0.3 is 0 Å². The summed E-state index contributed by atoms with van der Waals surface area (Å²) in [5, 5.41) is 3.63. The average Bonchev–Trinajstić information content (AvgIpc) is 2.48. The zero-order chi connectivity index (χ0) is 14.4. The van der Waals surface area contributed by atoms with Gasteiger partial charge in [-0.15, -0.1) is 0 Å². The van der Waals surface area contributed by atoms with Crippen molar-refractivity contribution >= 4 is 11.0 Å². The monoisotopic (exact) mass is 271 g/mol. The van der Waals surface area contributed by atoms with Crippen LogP contribution in [0.25, 0.3) is 11.0 Å². The maximum absolute atomic E-state index is 4.81. The Kier molecular flexibility index (Phi) is 5.48. The summed E-state index contributed by atoms with van der Waals surface area (Å²) in [7, 11) is 0. The summed E-state index contributed by atoms with van der Waals surface area (Å²) in [6.07, 6.45) is 5.47. The van der Waals surface area contributed by atoms with Gasteiger partial charge in [-0.2, -0.15) is 0 Å². The molecule has 2 unspecified atom stereocenters. The number of nitrogens with zero attached hydrogens (tertiary/aromatic N) is 2. The molecule has 0 bridgehead atoms. The third-order valence-corrected chi connectivity index (χ3v) is 3.71. The molecule has 0 aliphatic heterocycles. The second kappa shape index (κ2) is 7.34. The Morgan fingerprint density at radius 1 is 1.10 bits per heavy atom. The molecule has 0 amide bonds. The number of para-hydroxylation sites is 2. The van der Waals surface area contributed by atoms with Crippen LogP contribution in [0, 0.1) is 5.92 Å². The maximum atomic E-state index is 4.81. The van der Waals surface area contributed by atoms with E-state index >= 15 is 0 Å². The highest BCUT2D eigenvalue weighted by atomic mass is 15.0. The zero-order valence-electron chi connectivity index (χ0n) is 12.8. The zero-order valence-corrected chi connectivity index (χ0v) is 12.8. The predicted octanol–water partition coefficient (Wildman–Crippen LogP) is 4.11. The van der Waals surface area contributed by atoms with Gasteiger partial charge in [0, 0.05) is 0 Å². The Bertz CT molecular complexity index is 539. The van der Waals surface area contributed by atoms with Gasteiger partial charge in [0.1, 0.15) is 0 Å². The molecule has 0 aliphatic rings. The summed E-state index contributed by atoms with van der Waals surface area (Å²) in [6.45, 7) is 7.75. The van der Waals surface area contributed by atoms with Crippen LogP contribution < -0.4 is 5.32 Å². The number of rotatable bonds is 7. The molecule has 2 rings (SSSR count). The van der Waals surface area contributed by atoms with Crippen LogP contribution in [0.2, 0.25) is 0 Å². The highest BCUT2D eigenvalue weighted by Gasteiger charge is 2.19. The van der Waals surface area contributed by atoms with Crippen LogP contribution in [0.1, 0.15) is 51.8 Å². The molecule has 0 saturated carbocycles. The van der Waals surface area contributed by atoms with Crippen molar-refractivity contribution < 1.29 is 0 Å². The van der Waals surface area contributed by atoms with Crippen molar-refractivity contribution in [2.24, 2.45) is 5.92 Å². The van der Waals surface area contributed by atoms with E-state index in [0.717, 1.165) is 29.7 Å². The van der Waals surface area contributed by atoms with E-state index in [1.807, 2.05) is 30.5 Å². The van der Waals surface area contributed by atoms with Crippen molar-refractivity contribution in [3.8, 4) is 0 Å². The molecular formula is C17H25N3. The highest BCUT2D eigenvalue weighted by molar-refractivity contribution is 5.73. The summed E-state index contributed by atoms with van der Waals surface area (Å²) in [5.74, 6) is 0.571. The summed E-state index contributed by atoms with van der Waals surface area (Å²) < 4.78 is 0. The second-order valence-corrected chi connectivity index (χ2v) is 5.48. The highest BCUT2D eigenvalue weighted by Crippen LogP contribution is 2.25. The van der Waals surface area contributed by atoms with Crippen molar-refractivity contribution in [3.05, 3.63) is 36.2 Å². The fourth-order valence-electron chi connectivity index (χ4n) is 2.64. The topological polar surface area (TPSA) is 37.8 Å². The van der Waals surface area contributed by atoms with E-state index in [2.05, 4.69) is 31.1 Å². The van der Waals surface area contributed by atoms with E-state index in [1.165, 1.54) is 12.8 Å². The number of aromatic nitrogens is 2. The predicted molar refractivity (Wildman–Crippen MR) is 84.6 cm³/mol. The van der Waals surface area contributed by atoms with Crippen molar-refractivity contribution in [2.75, 3.05) is 6.54 Å². The minimum atomic E-state index is 0.298. The Labute approximate surface area is 121 Å². The number of nitrogens with one attached hydrogen (secondary N) is 1. The molecule has 2 aromatic rings. The van der Waals surface area contributed by atoms with Crippen LogP contribution in [-0.2, 0) is 0 Å². The van der Waals surface area contributed by atoms with Gasteiger partial charge in [0.05, 0.1) is 29.0 Å². The van der Waals surface area contributed by atoms with Gasteiger partial charge < -0.3 is 5.32 Å². The van der Waals surface area contributed by atoms with Gasteiger partial charge in [-0.25, -0.2) is 4.98 Å². The third kappa shape index (κ3) is 3.54. The first-order valence-electron chi connectivity index (χ1n) is 7.71. The van der Waals surface area contributed by atoms with E-state index in [1.54, 1.807) is 0 Å². The summed E-state index contributed by atoms with van der Waals surface area (Å²) in [4.78, 5) is 9.36. The molecule has 2 atom stereocenters. The first-order chi connectivity index (χ1) is 9.76. The van der Waals surface area contributed by atoms with Crippen LogP contribution in [0.4, 0.5) is 0 Å². The van der Waals surface area contributed by atoms with E-state index < -0.39 is 0 Å². The molecule has 1 N–H and O–H groups in total. The van der Waals surface area contributed by atoms with Gasteiger partial charge in [0.15, 0.2) is 0 Å². The molecule has 1 aromatic heterocycles. The number of fused-ring (bicyclic) bond motifs is 1. The van der Waals surface area contributed by atoms with Crippen molar-refractivity contribution in [1.29, 1.82) is 0 Å². The average molecular weight is 271 g/mol. The normalized spacial score (nSPS) is 14.3. The molecular weight excluding hydrogens is 246 g/mol. The lowest BCUT2D eigenvalue weighted by atomic mass is 9.94. The van der Waals surface area contributed by atoms with Crippen LogP contribution in [-0.4, -0.2) is 16.5 Å². The second-order valence-electron chi connectivity index (χ2n) is 5.48. The molecule has 0 aliphatic carbocycles. The van der Waals surface area contributed by atoms with Gasteiger partial charge in [-0.05, 0) is 37.4 Å². The fraction of sp³-hybridized carbons (Fsp3) is 0.529. The van der Waals surface area contributed by atoms with Gasteiger partial charge in [0.2, 0.25) is 0 Å². The molecule has 1 heterocycles. The third-order valence-electron chi connectivity index (χ3n) is 3.71. The van der Waals surface area contributed by atoms with Gasteiger partial charge in [-0.3, -0.25) is 4.98 Å². The Balaban J connectivity index is 2.29. The first-order valence-corrected chi connectivity index (χ1v) is 7.71. The number of hydrogen-bond donors (Lipinski definition) is 1. The summed E-state index contributed by atoms with van der Waals surface area (Å²) in [5.41, 5.74) is 3.02. The van der Waals surface area contributed by atoms with Crippen molar-refractivity contribution in [1.82, 2.24) is 15.3 Å². The first kappa shape index (κ1) is 14.9. The van der Waals surface area contributed by atoms with Gasteiger partial charge in [-0.1, -0.05) is 39.3 Å². The van der Waals surface area contributed by atoms with Crippen LogP contribution in [0.15, 0.2) is 30.5 Å². The molecule has 20 heavy (non-hydrogen) atoms. The molecule has 0 fully saturated rings. The molecule has 3 heteroatoms. The summed E-state index contributed by atoms with van der Waals surface area (Å²) in [6, 6.07) is 8.36. The lowest BCUT2D eigenvalue weighted by Crippen LogP contribution is -2.28. The van der Waals surface area contributed by atoms with Gasteiger partial charge in [0.25, 0.3) is 0 Å². The molecule has 0 saturated heterocycles. The van der Waals surface area contributed by atoms with Crippen LogP contribution in [0.5, 0.6) is 0 Å². The molecule has 1 aromatic carbocycles. The molecule has 0 radical (unpaired) electrons. The molecule has 3 nitrogen and oxygen atoms in total. The Hall–Kier alpha value is -1.48. The Morgan fingerprint density at radius 3 is 2.55 bits per heavy atom. The largest absolute Gasteiger partial charge is 0.308 e. The minimum absolute atomic E-state index is 0.298. The Morgan fingerprint density at radius 2 is 1.85 bits per heavy atom. The smallest absolute Gasteiger partial charge is 0.0890 e. The van der Waals surface area contributed by atoms with Crippen molar-refractivity contribution in [3.63, 3.8) is 0 Å². The molecule has 0 spiro atoms. The minimum Gasteiger partial charge on any atom is -0.308 e. The number of hydrogen-bond acceptors (Lipinski definition) is 3.